The Labute approximate surface area is 337 Å². The van der Waals surface area contributed by atoms with Crippen molar-refractivity contribution in [2.45, 2.75) is 189 Å². The Morgan fingerprint density at radius 1 is 0.673 bits per heavy atom. The van der Waals surface area contributed by atoms with Crippen LogP contribution in [0.4, 0.5) is 5.69 Å². The first-order valence-corrected chi connectivity index (χ1v) is 23.1. The highest BCUT2D eigenvalue weighted by atomic mass is 16.4. The molecule has 1 aliphatic heterocycles. The van der Waals surface area contributed by atoms with E-state index in [1.165, 1.54) is 94.5 Å². The number of hydrogen-bond donors (Lipinski definition) is 0. The van der Waals surface area contributed by atoms with Gasteiger partial charge in [-0.15, -0.1) is 0 Å². The fraction of sp³-hybridized carbons (Fsp3) is 0.680. The molecule has 0 fully saturated rings. The van der Waals surface area contributed by atoms with Gasteiger partial charge in [0.2, 0.25) is 5.36 Å². The van der Waals surface area contributed by atoms with E-state index in [2.05, 4.69) is 92.6 Å². The molecule has 1 aliphatic carbocycles. The van der Waals surface area contributed by atoms with Crippen LogP contribution in [0, 0.1) is 5.92 Å². The van der Waals surface area contributed by atoms with Gasteiger partial charge in [0.05, 0.1) is 6.07 Å². The molecule has 5 heteroatoms. The summed E-state index contributed by atoms with van der Waals surface area (Å²) in [7, 11) is 0. The fourth-order valence-corrected chi connectivity index (χ4v) is 7.87. The van der Waals surface area contributed by atoms with E-state index in [1.807, 2.05) is 0 Å². The second kappa shape index (κ2) is 28.3. The summed E-state index contributed by atoms with van der Waals surface area (Å²) in [5, 5.41) is 14.9. The number of allylic oxidation sites excluding steroid dienone is 2. The first kappa shape index (κ1) is 46.3. The largest absolute Gasteiger partial charge is 0.550 e. The SMILES string of the molecule is CCCCCCCCCCCCCCC/C=C/CC(Cc1c2ccc(=[N+](CCCC)CCCC)cc-2oc2cc(N(CCCC)CCCC)ccc12)C(=O)[O-]. The minimum absolute atomic E-state index is 0.415. The summed E-state index contributed by atoms with van der Waals surface area (Å²) in [6.07, 6.45) is 33.0. The second-order valence-corrected chi connectivity index (χ2v) is 16.3. The number of nitrogens with zero attached hydrogens (tertiary/aromatic N) is 2. The normalized spacial score (nSPS) is 12.3. The van der Waals surface area contributed by atoms with Crippen molar-refractivity contribution in [3.63, 3.8) is 0 Å². The predicted octanol–water partition coefficient (Wildman–Crippen LogP) is 12.7. The molecule has 55 heavy (non-hydrogen) atoms. The fourth-order valence-electron chi connectivity index (χ4n) is 7.87. The van der Waals surface area contributed by atoms with Crippen LogP contribution < -0.4 is 19.9 Å². The molecule has 1 aromatic rings. The standard InChI is InChI=1S/C50H80N2O3/c1-6-11-16-17-18-19-20-21-22-23-24-25-26-27-28-29-30-42(50(53)54)39-47-45-33-31-43(51(35-12-7-2)36-13-8-3)40-48(45)55-49-41-44(32-34-46(47)49)52(37-14-9-4)38-15-10-5/h28-29,31-34,40-42H,6-27,30,35-39H2,1-5H3/b29-28+. The number of carboxylic acids is 1. The lowest BCUT2D eigenvalue weighted by atomic mass is 9.89. The monoisotopic (exact) mass is 757 g/mol. The van der Waals surface area contributed by atoms with E-state index >= 15 is 0 Å². The third kappa shape index (κ3) is 16.9. The van der Waals surface area contributed by atoms with Gasteiger partial charge in [0.15, 0.2) is 0 Å². The molecule has 0 bridgehead atoms. The molecule has 0 N–H and O–H groups in total. The molecule has 0 aromatic heterocycles. The van der Waals surface area contributed by atoms with Gasteiger partial charge in [-0.05, 0) is 62.3 Å². The summed E-state index contributed by atoms with van der Waals surface area (Å²) in [5.41, 5.74) is 4.07. The Kier molecular flexibility index (Phi) is 23.9. The Morgan fingerprint density at radius 2 is 1.24 bits per heavy atom. The van der Waals surface area contributed by atoms with Gasteiger partial charge in [0, 0.05) is 66.6 Å². The maximum Gasteiger partial charge on any atom is 0.203 e. The third-order valence-corrected chi connectivity index (χ3v) is 11.5. The van der Waals surface area contributed by atoms with Crippen molar-refractivity contribution in [2.75, 3.05) is 31.1 Å². The highest BCUT2D eigenvalue weighted by Gasteiger charge is 2.22. The van der Waals surface area contributed by atoms with Crippen molar-refractivity contribution in [1.82, 2.24) is 4.58 Å². The van der Waals surface area contributed by atoms with E-state index < -0.39 is 11.9 Å². The Morgan fingerprint density at radius 3 is 1.80 bits per heavy atom. The lowest BCUT2D eigenvalue weighted by Gasteiger charge is -2.26. The Hall–Kier alpha value is -3.08. The molecule has 0 radical (unpaired) electrons. The van der Waals surface area contributed by atoms with Gasteiger partial charge < -0.3 is 19.2 Å². The first-order chi connectivity index (χ1) is 27.0. The Bertz CT molecular complexity index is 1520. The van der Waals surface area contributed by atoms with Crippen molar-refractivity contribution in [1.29, 1.82) is 0 Å². The average Bonchev–Trinajstić information content (AvgIpc) is 3.19. The zero-order chi connectivity index (χ0) is 39.5. The highest BCUT2D eigenvalue weighted by molar-refractivity contribution is 5.90. The van der Waals surface area contributed by atoms with Crippen LogP contribution in [0.25, 0.3) is 22.3 Å². The molecule has 0 saturated carbocycles. The molecule has 5 nitrogen and oxygen atoms in total. The lowest BCUT2D eigenvalue weighted by molar-refractivity contribution is -0.311. The third-order valence-electron chi connectivity index (χ3n) is 11.5. The smallest absolute Gasteiger partial charge is 0.203 e. The number of carboxylic acid groups (broad SMARTS) is 1. The average molecular weight is 757 g/mol. The quantitative estimate of drug-likeness (QED) is 0.0275. The summed E-state index contributed by atoms with van der Waals surface area (Å²) in [6.45, 7) is 15.4. The van der Waals surface area contributed by atoms with E-state index in [4.69, 9.17) is 4.42 Å². The number of benzene rings is 2. The number of fused-ring (bicyclic) bond motifs is 2. The van der Waals surface area contributed by atoms with Crippen LogP contribution >= 0.6 is 0 Å². The predicted molar refractivity (Wildman–Crippen MR) is 236 cm³/mol. The number of unbranched alkanes of at least 4 members (excludes halogenated alkanes) is 17. The summed E-state index contributed by atoms with van der Waals surface area (Å²) >= 11 is 0. The summed E-state index contributed by atoms with van der Waals surface area (Å²) in [6, 6.07) is 13.2. The van der Waals surface area contributed by atoms with Gasteiger partial charge in [0.25, 0.3) is 0 Å². The van der Waals surface area contributed by atoms with E-state index in [0.717, 1.165) is 112 Å². The van der Waals surface area contributed by atoms with Crippen molar-refractivity contribution >= 4 is 22.6 Å². The van der Waals surface area contributed by atoms with E-state index in [1.54, 1.807) is 0 Å². The van der Waals surface area contributed by atoms with Gasteiger partial charge in [-0.25, -0.2) is 4.58 Å². The molecule has 2 aliphatic rings. The summed E-state index contributed by atoms with van der Waals surface area (Å²) in [5.74, 6) is -0.748. The number of anilines is 1. The summed E-state index contributed by atoms with van der Waals surface area (Å²) in [4.78, 5) is 15.2. The number of aliphatic carboxylic acids is 1. The molecule has 308 valence electrons. The topological polar surface area (TPSA) is 59.5 Å². The molecule has 1 heterocycles. The van der Waals surface area contributed by atoms with E-state index in [0.29, 0.717) is 12.8 Å². The molecule has 0 saturated heterocycles. The van der Waals surface area contributed by atoms with Gasteiger partial charge in [-0.1, -0.05) is 150 Å². The van der Waals surface area contributed by atoms with E-state index in [-0.39, 0.29) is 0 Å². The minimum Gasteiger partial charge on any atom is -0.550 e. The molecule has 1 atom stereocenters. The first-order valence-electron chi connectivity index (χ1n) is 23.1. The van der Waals surface area contributed by atoms with Crippen LogP contribution in [0.2, 0.25) is 0 Å². The maximum absolute atomic E-state index is 12.7. The highest BCUT2D eigenvalue weighted by Crippen LogP contribution is 2.36. The number of hydrogen-bond acceptors (Lipinski definition) is 4. The van der Waals surface area contributed by atoms with Crippen molar-refractivity contribution in [3.05, 3.63) is 59.5 Å². The zero-order valence-electron chi connectivity index (χ0n) is 36.1. The van der Waals surface area contributed by atoms with Crippen LogP contribution in [-0.4, -0.2) is 32.1 Å². The van der Waals surface area contributed by atoms with E-state index in [9.17, 15) is 9.90 Å². The maximum atomic E-state index is 12.7. The van der Waals surface area contributed by atoms with Crippen molar-refractivity contribution < 1.29 is 14.3 Å². The van der Waals surface area contributed by atoms with Gasteiger partial charge >= 0.3 is 0 Å². The molecular formula is C50H80N2O3. The minimum atomic E-state index is -0.975. The van der Waals surface area contributed by atoms with Crippen LogP contribution in [0.1, 0.15) is 188 Å². The van der Waals surface area contributed by atoms with Crippen LogP contribution in [0.15, 0.2) is 53.0 Å². The van der Waals surface area contributed by atoms with Crippen LogP contribution in [0.3, 0.4) is 0 Å². The molecule has 0 amide bonds. The lowest BCUT2D eigenvalue weighted by Crippen LogP contribution is -2.33. The number of carbonyl (C=O) groups is 1. The molecule has 1 unspecified atom stereocenters. The summed E-state index contributed by atoms with van der Waals surface area (Å²) < 4.78 is 9.28. The number of rotatable bonds is 32. The molecule has 1 aromatic carbocycles. The molecule has 3 rings (SSSR count). The molecule has 0 spiro atoms. The van der Waals surface area contributed by atoms with Crippen LogP contribution in [0.5, 0.6) is 0 Å². The number of carbonyl (C=O) groups excluding carboxylic acids is 1. The molecular weight excluding hydrogens is 677 g/mol. The van der Waals surface area contributed by atoms with Crippen LogP contribution in [-0.2, 0) is 11.2 Å². The van der Waals surface area contributed by atoms with Crippen molar-refractivity contribution in [2.24, 2.45) is 5.92 Å². The van der Waals surface area contributed by atoms with Gasteiger partial charge in [-0.2, -0.15) is 0 Å². The zero-order valence-corrected chi connectivity index (χ0v) is 36.1. The second-order valence-electron chi connectivity index (χ2n) is 16.3. The van der Waals surface area contributed by atoms with Crippen molar-refractivity contribution in [3.8, 4) is 11.3 Å². The van der Waals surface area contributed by atoms with Gasteiger partial charge in [0.1, 0.15) is 24.4 Å². The Balaban J connectivity index is 1.77. The van der Waals surface area contributed by atoms with Gasteiger partial charge in [-0.3, -0.25) is 0 Å².